The Hall–Kier alpha value is -1.08. The maximum Gasteiger partial charge on any atom is 0.162 e. The van der Waals surface area contributed by atoms with Crippen LogP contribution in [0, 0.1) is 0 Å². The molecule has 6 heteroatoms. The van der Waals surface area contributed by atoms with Crippen LogP contribution in [0.1, 0.15) is 37.8 Å². The van der Waals surface area contributed by atoms with E-state index in [1.807, 2.05) is 0 Å². The number of fused-ring (bicyclic) bond motifs is 2. The van der Waals surface area contributed by atoms with E-state index in [-0.39, 0.29) is 0 Å². The van der Waals surface area contributed by atoms with Gasteiger partial charge in [-0.1, -0.05) is 51.0 Å². The van der Waals surface area contributed by atoms with Crippen molar-refractivity contribution in [1.82, 2.24) is 9.97 Å². The molecule has 0 N–H and O–H groups in total. The summed E-state index contributed by atoms with van der Waals surface area (Å²) in [6.45, 7) is 4.44. The van der Waals surface area contributed by atoms with Crippen molar-refractivity contribution in [2.45, 2.75) is 48.2 Å². The molecule has 0 aliphatic rings. The molecule has 0 atom stereocenters. The molecule has 2 nitrogen and oxygen atoms in total. The van der Waals surface area contributed by atoms with Crippen LogP contribution < -0.4 is 0 Å². The standard InChI is InChI=1S/C20H20N2S4/c1-3-7-13-9-5-11-15-17(13)21-19(23-15)25-26-20-22-18-14(8-4-2)10-6-12-16(18)24-20/h5-6,9-12H,3-4,7-8H2,1-2H3. The van der Waals surface area contributed by atoms with Crippen LogP contribution in [0.4, 0.5) is 0 Å². The van der Waals surface area contributed by atoms with E-state index in [9.17, 15) is 0 Å². The van der Waals surface area contributed by atoms with E-state index in [4.69, 9.17) is 9.97 Å². The molecule has 0 unspecified atom stereocenters. The molecular formula is C20H20N2S4. The predicted octanol–water partition coefficient (Wildman–Crippen LogP) is 7.61. The number of para-hydroxylation sites is 2. The average molecular weight is 417 g/mol. The molecule has 0 radical (unpaired) electrons. The van der Waals surface area contributed by atoms with E-state index in [1.165, 1.54) is 31.6 Å². The first-order chi connectivity index (χ1) is 12.8. The van der Waals surface area contributed by atoms with Gasteiger partial charge in [0.15, 0.2) is 8.68 Å². The fourth-order valence-corrected chi connectivity index (χ4v) is 7.63. The lowest BCUT2D eigenvalue weighted by Gasteiger charge is -1.98. The van der Waals surface area contributed by atoms with Crippen LogP contribution in [-0.4, -0.2) is 9.97 Å². The zero-order valence-electron chi connectivity index (χ0n) is 14.8. The van der Waals surface area contributed by atoms with Gasteiger partial charge >= 0.3 is 0 Å². The van der Waals surface area contributed by atoms with Crippen molar-refractivity contribution in [3.63, 3.8) is 0 Å². The number of rotatable bonds is 7. The van der Waals surface area contributed by atoms with E-state index in [1.54, 1.807) is 44.3 Å². The van der Waals surface area contributed by atoms with Gasteiger partial charge in [0.1, 0.15) is 0 Å². The van der Waals surface area contributed by atoms with E-state index in [0.717, 1.165) is 34.4 Å². The lowest BCUT2D eigenvalue weighted by Crippen LogP contribution is -1.84. The first-order valence-electron chi connectivity index (χ1n) is 8.90. The second kappa shape index (κ2) is 8.30. The molecule has 4 aromatic rings. The number of nitrogens with zero attached hydrogens (tertiary/aromatic N) is 2. The molecule has 4 rings (SSSR count). The molecule has 0 spiro atoms. The fraction of sp³-hybridized carbons (Fsp3) is 0.300. The van der Waals surface area contributed by atoms with Crippen LogP contribution in [0.3, 0.4) is 0 Å². The summed E-state index contributed by atoms with van der Waals surface area (Å²) in [6, 6.07) is 13.1. The Kier molecular flexibility index (Phi) is 5.84. The number of hydrogen-bond donors (Lipinski definition) is 0. The molecule has 26 heavy (non-hydrogen) atoms. The second-order valence-electron chi connectivity index (χ2n) is 6.15. The van der Waals surface area contributed by atoms with E-state index >= 15 is 0 Å². The molecule has 0 amide bonds. The second-order valence-corrected chi connectivity index (χ2v) is 10.8. The summed E-state index contributed by atoms with van der Waals surface area (Å²) in [5.41, 5.74) is 5.08. The minimum atomic E-state index is 1.09. The molecule has 0 saturated heterocycles. The zero-order chi connectivity index (χ0) is 17.9. The molecule has 2 aromatic carbocycles. The van der Waals surface area contributed by atoms with Gasteiger partial charge in [-0.15, -0.1) is 22.7 Å². The van der Waals surface area contributed by atoms with Crippen LogP contribution >= 0.6 is 44.3 Å². The first kappa shape index (κ1) is 18.3. The van der Waals surface area contributed by atoms with E-state index in [0.29, 0.717) is 0 Å². The molecule has 2 heterocycles. The molecule has 0 aliphatic carbocycles. The van der Waals surface area contributed by atoms with Crippen molar-refractivity contribution in [3.8, 4) is 0 Å². The topological polar surface area (TPSA) is 25.8 Å². The molecule has 0 fully saturated rings. The average Bonchev–Trinajstić information content (AvgIpc) is 3.25. The highest BCUT2D eigenvalue weighted by molar-refractivity contribution is 8.77. The van der Waals surface area contributed by atoms with Gasteiger partial charge in [0.2, 0.25) is 0 Å². The van der Waals surface area contributed by atoms with Crippen molar-refractivity contribution in [2.24, 2.45) is 0 Å². The molecular weight excluding hydrogens is 397 g/mol. The highest BCUT2D eigenvalue weighted by Crippen LogP contribution is 2.44. The number of aryl methyl sites for hydroxylation is 2. The maximum absolute atomic E-state index is 4.88. The highest BCUT2D eigenvalue weighted by atomic mass is 33.1. The third-order valence-corrected chi connectivity index (χ3v) is 9.20. The van der Waals surface area contributed by atoms with Gasteiger partial charge in [0, 0.05) is 0 Å². The quantitative estimate of drug-likeness (QED) is 0.289. The Labute approximate surface area is 169 Å². The van der Waals surface area contributed by atoms with Gasteiger partial charge in [0.25, 0.3) is 0 Å². The fourth-order valence-electron chi connectivity index (χ4n) is 3.06. The largest absolute Gasteiger partial charge is 0.228 e. The van der Waals surface area contributed by atoms with Crippen molar-refractivity contribution < 1.29 is 0 Å². The minimum absolute atomic E-state index is 1.09. The van der Waals surface area contributed by atoms with Crippen LogP contribution in [-0.2, 0) is 12.8 Å². The Morgan fingerprint density at radius 1 is 0.731 bits per heavy atom. The lowest BCUT2D eigenvalue weighted by atomic mass is 10.1. The normalized spacial score (nSPS) is 11.6. The summed E-state index contributed by atoms with van der Waals surface area (Å²) in [6.07, 6.45) is 4.49. The smallest absolute Gasteiger partial charge is 0.162 e. The Morgan fingerprint density at radius 3 is 1.62 bits per heavy atom. The maximum atomic E-state index is 4.88. The summed E-state index contributed by atoms with van der Waals surface area (Å²) in [5, 5.41) is 0. The van der Waals surface area contributed by atoms with Crippen molar-refractivity contribution in [3.05, 3.63) is 47.5 Å². The third-order valence-electron chi connectivity index (χ3n) is 4.19. The third kappa shape index (κ3) is 3.79. The summed E-state index contributed by atoms with van der Waals surface area (Å²) < 4.78 is 4.80. The monoisotopic (exact) mass is 416 g/mol. The van der Waals surface area contributed by atoms with E-state index in [2.05, 4.69) is 50.2 Å². The van der Waals surface area contributed by atoms with E-state index < -0.39 is 0 Å². The van der Waals surface area contributed by atoms with Gasteiger partial charge in [0.05, 0.1) is 20.4 Å². The van der Waals surface area contributed by atoms with Gasteiger partial charge < -0.3 is 0 Å². The molecule has 0 aliphatic heterocycles. The van der Waals surface area contributed by atoms with Crippen molar-refractivity contribution in [1.29, 1.82) is 0 Å². The molecule has 0 saturated carbocycles. The van der Waals surface area contributed by atoms with Crippen LogP contribution in [0.5, 0.6) is 0 Å². The van der Waals surface area contributed by atoms with Crippen LogP contribution in [0.15, 0.2) is 45.1 Å². The van der Waals surface area contributed by atoms with Crippen molar-refractivity contribution >= 4 is 64.7 Å². The van der Waals surface area contributed by atoms with Crippen molar-refractivity contribution in [2.75, 3.05) is 0 Å². The van der Waals surface area contributed by atoms with Gasteiger partial charge in [-0.25, -0.2) is 9.97 Å². The zero-order valence-corrected chi connectivity index (χ0v) is 18.1. The predicted molar refractivity (Wildman–Crippen MR) is 119 cm³/mol. The summed E-state index contributed by atoms with van der Waals surface area (Å²) in [7, 11) is 3.46. The molecule has 0 bridgehead atoms. The summed E-state index contributed by atoms with van der Waals surface area (Å²) in [4.78, 5) is 9.77. The Morgan fingerprint density at radius 2 is 1.19 bits per heavy atom. The number of benzene rings is 2. The van der Waals surface area contributed by atoms with Gasteiger partial charge in [-0.2, -0.15) is 0 Å². The molecule has 134 valence electrons. The summed E-state index contributed by atoms with van der Waals surface area (Å²) >= 11 is 3.57. The lowest BCUT2D eigenvalue weighted by molar-refractivity contribution is 0.926. The minimum Gasteiger partial charge on any atom is -0.228 e. The highest BCUT2D eigenvalue weighted by Gasteiger charge is 2.12. The first-order valence-corrected chi connectivity index (χ1v) is 12.7. The number of hydrogen-bond acceptors (Lipinski definition) is 6. The number of thiazole rings is 2. The molecule has 2 aromatic heterocycles. The summed E-state index contributed by atoms with van der Waals surface area (Å²) in [5.74, 6) is 0. The van der Waals surface area contributed by atoms with Gasteiger partial charge in [-0.3, -0.25) is 0 Å². The Balaban J connectivity index is 1.55. The SMILES string of the molecule is CCCc1cccc2sc(SSc3nc4c(CCC)cccc4s3)nc12. The van der Waals surface area contributed by atoms with Crippen LogP contribution in [0.25, 0.3) is 20.4 Å². The van der Waals surface area contributed by atoms with Gasteiger partial charge in [-0.05, 0) is 57.7 Å². The number of aromatic nitrogens is 2. The Bertz CT molecular complexity index is 951. The van der Waals surface area contributed by atoms with Crippen LogP contribution in [0.2, 0.25) is 0 Å².